The Morgan fingerprint density at radius 2 is 1.68 bits per heavy atom. The van der Waals surface area contributed by atoms with E-state index < -0.39 is 0 Å². The number of hydrogen-bond donors (Lipinski definition) is 2. The molecule has 1 aliphatic rings. The number of nitrogens with zero attached hydrogens (tertiary/aromatic N) is 2. The number of carbonyl (C=O) groups excluding carboxylic acids is 1. The number of aromatic nitrogens is 1. The smallest absolute Gasteiger partial charge is 0.327 e. The molecule has 0 saturated heterocycles. The number of hydrogen-bond acceptors (Lipinski definition) is 5. The van der Waals surface area contributed by atoms with Gasteiger partial charge in [0.1, 0.15) is 19.0 Å². The number of anilines is 4. The van der Waals surface area contributed by atoms with Crippen molar-refractivity contribution in [2.24, 2.45) is 0 Å². The second kappa shape index (κ2) is 9.95. The Hall–Kier alpha value is -4.52. The summed E-state index contributed by atoms with van der Waals surface area (Å²) in [6.07, 6.45) is 1.69. The lowest BCUT2D eigenvalue weighted by Gasteiger charge is -2.28. The molecule has 2 amide bonds. The standard InChI is InChI=1S/C27H24N4O3/c32-27(30-21-10-5-2-6-11-21)31-14-15-33-25-17-23(18-28-26(25)31)29-22-12-7-13-24(16-22)34-19-20-8-3-1-4-9-20/h1-13,16-18,29H,14-15,19H2,(H,30,32). The zero-order valence-corrected chi connectivity index (χ0v) is 18.5. The molecule has 0 saturated carbocycles. The first kappa shape index (κ1) is 21.3. The molecule has 5 rings (SSSR count). The lowest BCUT2D eigenvalue weighted by molar-refractivity contribution is 0.249. The first-order chi connectivity index (χ1) is 16.7. The van der Waals surface area contributed by atoms with E-state index in [2.05, 4.69) is 15.6 Å². The van der Waals surface area contributed by atoms with Crippen molar-refractivity contribution in [3.05, 3.63) is 103 Å². The van der Waals surface area contributed by atoms with Gasteiger partial charge in [0.2, 0.25) is 0 Å². The molecule has 7 heteroatoms. The summed E-state index contributed by atoms with van der Waals surface area (Å²) in [4.78, 5) is 18.9. The average molecular weight is 453 g/mol. The molecule has 0 spiro atoms. The van der Waals surface area contributed by atoms with Crippen LogP contribution >= 0.6 is 0 Å². The highest BCUT2D eigenvalue weighted by Crippen LogP contribution is 2.33. The van der Waals surface area contributed by atoms with Crippen molar-refractivity contribution in [1.82, 2.24) is 4.98 Å². The van der Waals surface area contributed by atoms with Gasteiger partial charge in [-0.3, -0.25) is 4.90 Å². The van der Waals surface area contributed by atoms with E-state index in [4.69, 9.17) is 9.47 Å². The topological polar surface area (TPSA) is 75.7 Å². The van der Waals surface area contributed by atoms with Crippen LogP contribution in [0.3, 0.4) is 0 Å². The van der Waals surface area contributed by atoms with Crippen LogP contribution in [-0.4, -0.2) is 24.2 Å². The fourth-order valence-corrected chi connectivity index (χ4v) is 3.65. The van der Waals surface area contributed by atoms with Crippen LogP contribution in [0.25, 0.3) is 0 Å². The lowest BCUT2D eigenvalue weighted by atomic mass is 10.2. The molecule has 2 N–H and O–H groups in total. The van der Waals surface area contributed by atoms with Crippen LogP contribution in [0.2, 0.25) is 0 Å². The highest BCUT2D eigenvalue weighted by Gasteiger charge is 2.25. The lowest BCUT2D eigenvalue weighted by Crippen LogP contribution is -2.41. The summed E-state index contributed by atoms with van der Waals surface area (Å²) in [6.45, 7) is 1.31. The number of ether oxygens (including phenoxy) is 2. The summed E-state index contributed by atoms with van der Waals surface area (Å²) in [6, 6.07) is 28.7. The second-order valence-electron chi connectivity index (χ2n) is 7.77. The first-order valence-electron chi connectivity index (χ1n) is 11.0. The molecule has 0 unspecified atom stereocenters. The summed E-state index contributed by atoms with van der Waals surface area (Å²) in [5.74, 6) is 1.81. The molecule has 1 aliphatic heterocycles. The number of carbonyl (C=O) groups is 1. The van der Waals surface area contributed by atoms with E-state index in [0.29, 0.717) is 31.3 Å². The van der Waals surface area contributed by atoms with Gasteiger partial charge in [0, 0.05) is 23.5 Å². The minimum Gasteiger partial charge on any atom is -0.489 e. The monoisotopic (exact) mass is 452 g/mol. The van der Waals surface area contributed by atoms with Crippen LogP contribution in [0.15, 0.2) is 97.2 Å². The van der Waals surface area contributed by atoms with Crippen molar-refractivity contribution in [3.8, 4) is 11.5 Å². The van der Waals surface area contributed by atoms with Gasteiger partial charge in [-0.2, -0.15) is 0 Å². The maximum atomic E-state index is 12.8. The van der Waals surface area contributed by atoms with Crippen molar-refractivity contribution in [1.29, 1.82) is 0 Å². The van der Waals surface area contributed by atoms with Gasteiger partial charge in [0.05, 0.1) is 18.4 Å². The van der Waals surface area contributed by atoms with E-state index in [9.17, 15) is 4.79 Å². The number of benzene rings is 3. The van der Waals surface area contributed by atoms with E-state index in [0.717, 1.165) is 28.4 Å². The average Bonchev–Trinajstić information content (AvgIpc) is 2.88. The predicted molar refractivity (Wildman–Crippen MR) is 133 cm³/mol. The normalized spacial score (nSPS) is 12.3. The Kier molecular flexibility index (Phi) is 6.25. The maximum absolute atomic E-state index is 12.8. The second-order valence-corrected chi connectivity index (χ2v) is 7.77. The molecule has 0 bridgehead atoms. The summed E-state index contributed by atoms with van der Waals surface area (Å²) in [5.41, 5.74) is 3.46. The molecule has 170 valence electrons. The van der Waals surface area contributed by atoms with Gasteiger partial charge in [-0.1, -0.05) is 54.6 Å². The third-order valence-corrected chi connectivity index (χ3v) is 5.30. The van der Waals surface area contributed by atoms with Gasteiger partial charge >= 0.3 is 6.03 Å². The molecule has 0 aliphatic carbocycles. The quantitative estimate of drug-likeness (QED) is 0.385. The number of rotatable bonds is 6. The van der Waals surface area contributed by atoms with E-state index >= 15 is 0 Å². The maximum Gasteiger partial charge on any atom is 0.327 e. The van der Waals surface area contributed by atoms with Gasteiger partial charge in [-0.25, -0.2) is 9.78 Å². The molecular weight excluding hydrogens is 428 g/mol. The number of urea groups is 1. The van der Waals surface area contributed by atoms with Gasteiger partial charge in [-0.05, 0) is 29.8 Å². The van der Waals surface area contributed by atoms with Gasteiger partial charge in [0.25, 0.3) is 0 Å². The summed E-state index contributed by atoms with van der Waals surface area (Å²) in [5, 5.41) is 6.23. The van der Waals surface area contributed by atoms with Crippen LogP contribution in [-0.2, 0) is 6.61 Å². The van der Waals surface area contributed by atoms with Crippen LogP contribution < -0.4 is 25.0 Å². The van der Waals surface area contributed by atoms with Gasteiger partial charge in [-0.15, -0.1) is 0 Å². The number of pyridine rings is 1. The summed E-state index contributed by atoms with van der Waals surface area (Å²) >= 11 is 0. The Labute approximate surface area is 198 Å². The van der Waals surface area contributed by atoms with E-state index in [1.54, 1.807) is 11.1 Å². The van der Waals surface area contributed by atoms with Crippen molar-refractivity contribution < 1.29 is 14.3 Å². The van der Waals surface area contributed by atoms with Gasteiger partial charge < -0.3 is 20.1 Å². The van der Waals surface area contributed by atoms with Crippen molar-refractivity contribution >= 4 is 28.9 Å². The predicted octanol–water partition coefficient (Wildman–Crippen LogP) is 5.84. The van der Waals surface area contributed by atoms with Gasteiger partial charge in [0.15, 0.2) is 11.6 Å². The minimum absolute atomic E-state index is 0.243. The van der Waals surface area contributed by atoms with Crippen LogP contribution in [0.1, 0.15) is 5.56 Å². The van der Waals surface area contributed by atoms with E-state index in [1.807, 2.05) is 91.0 Å². The molecule has 0 fully saturated rings. The molecule has 4 aromatic rings. The zero-order chi connectivity index (χ0) is 23.2. The fourth-order valence-electron chi connectivity index (χ4n) is 3.65. The Morgan fingerprint density at radius 1 is 0.912 bits per heavy atom. The fraction of sp³-hybridized carbons (Fsp3) is 0.111. The first-order valence-corrected chi connectivity index (χ1v) is 11.0. The van der Waals surface area contributed by atoms with Crippen molar-refractivity contribution in [3.63, 3.8) is 0 Å². The molecule has 2 heterocycles. The van der Waals surface area contributed by atoms with E-state index in [1.165, 1.54) is 0 Å². The Bertz CT molecular complexity index is 1270. The molecule has 34 heavy (non-hydrogen) atoms. The number of fused-ring (bicyclic) bond motifs is 1. The molecule has 3 aromatic carbocycles. The number of nitrogens with one attached hydrogen (secondary N) is 2. The van der Waals surface area contributed by atoms with Crippen LogP contribution in [0, 0.1) is 0 Å². The highest BCUT2D eigenvalue weighted by molar-refractivity contribution is 6.02. The Morgan fingerprint density at radius 3 is 2.50 bits per heavy atom. The van der Waals surface area contributed by atoms with Crippen LogP contribution in [0.5, 0.6) is 11.5 Å². The summed E-state index contributed by atoms with van der Waals surface area (Å²) in [7, 11) is 0. The van der Waals surface area contributed by atoms with Crippen molar-refractivity contribution in [2.45, 2.75) is 6.61 Å². The number of para-hydroxylation sites is 1. The minimum atomic E-state index is -0.243. The zero-order valence-electron chi connectivity index (χ0n) is 18.5. The van der Waals surface area contributed by atoms with Crippen molar-refractivity contribution in [2.75, 3.05) is 28.7 Å². The Balaban J connectivity index is 1.27. The third kappa shape index (κ3) is 5.10. The molecule has 7 nitrogen and oxygen atoms in total. The molecule has 1 aromatic heterocycles. The van der Waals surface area contributed by atoms with E-state index in [-0.39, 0.29) is 6.03 Å². The van der Waals surface area contributed by atoms with Crippen LogP contribution in [0.4, 0.5) is 27.7 Å². The SMILES string of the molecule is O=C(Nc1ccccc1)N1CCOc2cc(Nc3cccc(OCc4ccccc4)c3)cnc21. The molecule has 0 atom stereocenters. The molecular formula is C27H24N4O3. The number of amides is 2. The molecule has 0 radical (unpaired) electrons. The summed E-state index contributed by atoms with van der Waals surface area (Å²) < 4.78 is 11.7. The highest BCUT2D eigenvalue weighted by atomic mass is 16.5. The third-order valence-electron chi connectivity index (χ3n) is 5.30. The largest absolute Gasteiger partial charge is 0.489 e.